The number of rotatable bonds is 8. The van der Waals surface area contributed by atoms with Gasteiger partial charge in [-0.05, 0) is 59.5 Å². The molecule has 4 rings (SSSR count). The summed E-state index contributed by atoms with van der Waals surface area (Å²) in [5.41, 5.74) is 3.40. The van der Waals surface area contributed by atoms with Crippen molar-refractivity contribution in [1.29, 1.82) is 0 Å². The standard InChI is InChI=1S/C23H19F2NO5S/c1-28-21-19(31-23(24)25)9-8-17(14-4-7-18-15(10-14)12-30-22(18)27)20(21)29-11-13-2-5-16(32-26)6-3-13/h2-10,23H,11-12,26H2,1H3. The number of halogens is 2. The largest absolute Gasteiger partial charge is 0.490 e. The molecule has 0 radical (unpaired) electrons. The van der Waals surface area contributed by atoms with Crippen LogP contribution >= 0.6 is 11.9 Å². The van der Waals surface area contributed by atoms with Crippen molar-refractivity contribution < 1.29 is 32.5 Å². The van der Waals surface area contributed by atoms with Gasteiger partial charge in [-0.2, -0.15) is 8.78 Å². The third-order valence-corrected chi connectivity index (χ3v) is 5.48. The summed E-state index contributed by atoms with van der Waals surface area (Å²) in [5, 5.41) is 5.55. The summed E-state index contributed by atoms with van der Waals surface area (Å²) in [6, 6.07) is 15.7. The Morgan fingerprint density at radius 1 is 1.06 bits per heavy atom. The lowest BCUT2D eigenvalue weighted by Crippen LogP contribution is -2.06. The average Bonchev–Trinajstić information content (AvgIpc) is 3.17. The Hall–Kier alpha value is -3.30. The molecule has 1 aliphatic heterocycles. The SMILES string of the molecule is COc1c(OC(F)F)ccc(-c2ccc3c(c2)COC3=O)c1OCc1ccc(SN)cc1. The second-order valence-corrected chi connectivity index (χ2v) is 7.56. The minimum Gasteiger partial charge on any atom is -0.490 e. The Morgan fingerprint density at radius 2 is 1.81 bits per heavy atom. The van der Waals surface area contributed by atoms with Crippen molar-refractivity contribution in [2.24, 2.45) is 5.14 Å². The highest BCUT2D eigenvalue weighted by Crippen LogP contribution is 2.46. The van der Waals surface area contributed by atoms with Gasteiger partial charge in [-0.3, -0.25) is 5.14 Å². The van der Waals surface area contributed by atoms with E-state index in [1.54, 1.807) is 18.2 Å². The van der Waals surface area contributed by atoms with E-state index < -0.39 is 6.61 Å². The van der Waals surface area contributed by atoms with E-state index in [2.05, 4.69) is 4.74 Å². The fraction of sp³-hybridized carbons (Fsp3) is 0.174. The Labute approximate surface area is 187 Å². The van der Waals surface area contributed by atoms with Crippen LogP contribution in [0.5, 0.6) is 17.2 Å². The smallest absolute Gasteiger partial charge is 0.387 e. The average molecular weight is 459 g/mol. The van der Waals surface area contributed by atoms with Crippen LogP contribution in [0.25, 0.3) is 11.1 Å². The van der Waals surface area contributed by atoms with Gasteiger partial charge < -0.3 is 18.9 Å². The van der Waals surface area contributed by atoms with Crippen molar-refractivity contribution >= 4 is 17.9 Å². The summed E-state index contributed by atoms with van der Waals surface area (Å²) >= 11 is 1.13. The number of esters is 1. The number of methoxy groups -OCH3 is 1. The van der Waals surface area contributed by atoms with Gasteiger partial charge in [-0.15, -0.1) is 0 Å². The van der Waals surface area contributed by atoms with E-state index in [0.717, 1.165) is 28.0 Å². The molecule has 0 atom stereocenters. The van der Waals surface area contributed by atoms with Gasteiger partial charge >= 0.3 is 12.6 Å². The van der Waals surface area contributed by atoms with Gasteiger partial charge in [0.05, 0.1) is 12.7 Å². The molecule has 2 N–H and O–H groups in total. The fourth-order valence-electron chi connectivity index (χ4n) is 3.42. The molecule has 0 saturated heterocycles. The normalized spacial score (nSPS) is 12.5. The Kier molecular flexibility index (Phi) is 6.48. The van der Waals surface area contributed by atoms with Gasteiger partial charge in [0.15, 0.2) is 11.5 Å². The summed E-state index contributed by atoms with van der Waals surface area (Å²) in [5.74, 6) is -0.228. The highest BCUT2D eigenvalue weighted by atomic mass is 32.2. The van der Waals surface area contributed by atoms with Crippen molar-refractivity contribution in [3.63, 3.8) is 0 Å². The molecule has 0 amide bonds. The van der Waals surface area contributed by atoms with E-state index in [1.165, 1.54) is 13.2 Å². The minimum atomic E-state index is -3.02. The molecule has 0 saturated carbocycles. The number of cyclic esters (lactones) is 1. The molecule has 9 heteroatoms. The molecule has 0 unspecified atom stereocenters. The van der Waals surface area contributed by atoms with Crippen molar-refractivity contribution in [2.45, 2.75) is 24.7 Å². The number of ether oxygens (including phenoxy) is 4. The van der Waals surface area contributed by atoms with E-state index in [9.17, 15) is 13.6 Å². The van der Waals surface area contributed by atoms with Gasteiger partial charge in [0, 0.05) is 16.0 Å². The number of nitrogens with two attached hydrogens (primary N) is 1. The molecule has 0 aromatic heterocycles. The van der Waals surface area contributed by atoms with Crippen molar-refractivity contribution in [2.75, 3.05) is 7.11 Å². The predicted octanol–water partition coefficient (Wildman–Crippen LogP) is 5.18. The second-order valence-electron chi connectivity index (χ2n) is 6.85. The zero-order chi connectivity index (χ0) is 22.7. The van der Waals surface area contributed by atoms with Crippen molar-refractivity contribution in [1.82, 2.24) is 0 Å². The number of hydrogen-bond acceptors (Lipinski definition) is 7. The first kappa shape index (κ1) is 21.9. The molecule has 32 heavy (non-hydrogen) atoms. The first-order chi connectivity index (χ1) is 15.5. The summed E-state index contributed by atoms with van der Waals surface area (Å²) in [6.07, 6.45) is 0. The van der Waals surface area contributed by atoms with Gasteiger partial charge in [0.2, 0.25) is 5.75 Å². The topological polar surface area (TPSA) is 80.0 Å². The molecular weight excluding hydrogens is 440 g/mol. The maximum atomic E-state index is 12.9. The zero-order valence-electron chi connectivity index (χ0n) is 17.0. The first-order valence-electron chi connectivity index (χ1n) is 9.55. The molecule has 0 fully saturated rings. The third kappa shape index (κ3) is 4.49. The van der Waals surface area contributed by atoms with Gasteiger partial charge in [0.1, 0.15) is 13.2 Å². The zero-order valence-corrected chi connectivity index (χ0v) is 17.8. The first-order valence-corrected chi connectivity index (χ1v) is 10.4. The Balaban J connectivity index is 1.74. The van der Waals surface area contributed by atoms with Gasteiger partial charge in [0.25, 0.3) is 0 Å². The maximum Gasteiger partial charge on any atom is 0.387 e. The van der Waals surface area contributed by atoms with E-state index >= 15 is 0 Å². The van der Waals surface area contributed by atoms with Crippen LogP contribution in [0.3, 0.4) is 0 Å². The van der Waals surface area contributed by atoms with E-state index in [1.807, 2.05) is 30.3 Å². The lowest BCUT2D eigenvalue weighted by Gasteiger charge is -2.19. The van der Waals surface area contributed by atoms with Gasteiger partial charge in [-0.25, -0.2) is 4.79 Å². The number of carbonyl (C=O) groups is 1. The molecule has 3 aromatic carbocycles. The molecule has 0 aliphatic carbocycles. The highest BCUT2D eigenvalue weighted by molar-refractivity contribution is 7.97. The minimum absolute atomic E-state index is 0.0461. The van der Waals surface area contributed by atoms with Crippen LogP contribution in [0.1, 0.15) is 21.5 Å². The molecule has 0 bridgehead atoms. The number of alkyl halides is 2. The molecule has 166 valence electrons. The fourth-order valence-corrected chi connectivity index (χ4v) is 3.71. The summed E-state index contributed by atoms with van der Waals surface area (Å²) in [6.45, 7) is -2.69. The molecule has 0 spiro atoms. The van der Waals surface area contributed by atoms with Crippen LogP contribution in [0, 0.1) is 0 Å². The number of hydrogen-bond donors (Lipinski definition) is 1. The molecule has 6 nitrogen and oxygen atoms in total. The molecule has 1 aliphatic rings. The molecule has 1 heterocycles. The highest BCUT2D eigenvalue weighted by Gasteiger charge is 2.24. The van der Waals surface area contributed by atoms with Crippen LogP contribution in [0.2, 0.25) is 0 Å². The summed E-state index contributed by atoms with van der Waals surface area (Å²) in [4.78, 5) is 12.7. The predicted molar refractivity (Wildman–Crippen MR) is 115 cm³/mol. The van der Waals surface area contributed by atoms with Gasteiger partial charge in [-0.1, -0.05) is 18.2 Å². The summed E-state index contributed by atoms with van der Waals surface area (Å²) in [7, 11) is 1.35. The Morgan fingerprint density at radius 3 is 2.50 bits per heavy atom. The number of benzene rings is 3. The second kappa shape index (κ2) is 9.46. The van der Waals surface area contributed by atoms with E-state index in [0.29, 0.717) is 16.7 Å². The number of fused-ring (bicyclic) bond motifs is 1. The molecule has 3 aromatic rings. The van der Waals surface area contributed by atoms with E-state index in [-0.39, 0.29) is 36.4 Å². The van der Waals surface area contributed by atoms with Crippen molar-refractivity contribution in [3.8, 4) is 28.4 Å². The Bertz CT molecular complexity index is 1140. The van der Waals surface area contributed by atoms with E-state index in [4.69, 9.17) is 19.3 Å². The van der Waals surface area contributed by atoms with Crippen molar-refractivity contribution in [3.05, 3.63) is 71.3 Å². The van der Waals surface area contributed by atoms with Crippen LogP contribution in [-0.4, -0.2) is 19.7 Å². The molecular formula is C23H19F2NO5S. The monoisotopic (exact) mass is 459 g/mol. The van der Waals surface area contributed by atoms with Crippen LogP contribution in [0.15, 0.2) is 59.5 Å². The lowest BCUT2D eigenvalue weighted by molar-refractivity contribution is -0.0513. The van der Waals surface area contributed by atoms with Crippen LogP contribution in [0.4, 0.5) is 8.78 Å². The summed E-state index contributed by atoms with van der Waals surface area (Å²) < 4.78 is 47.0. The quantitative estimate of drug-likeness (QED) is 0.367. The maximum absolute atomic E-state index is 12.9. The number of carbonyl (C=O) groups excluding carboxylic acids is 1. The van der Waals surface area contributed by atoms with Crippen LogP contribution in [-0.2, 0) is 18.0 Å². The van der Waals surface area contributed by atoms with Crippen LogP contribution < -0.4 is 19.3 Å². The lowest BCUT2D eigenvalue weighted by atomic mass is 9.99. The third-order valence-electron chi connectivity index (χ3n) is 4.93.